The number of aldehydes is 1. The fourth-order valence-electron chi connectivity index (χ4n) is 0.901. The summed E-state index contributed by atoms with van der Waals surface area (Å²) in [5, 5.41) is 19.5. The first kappa shape index (κ1) is 9.05. The first-order valence-corrected chi connectivity index (χ1v) is 3.42. The molecule has 5 nitrogen and oxygen atoms in total. The van der Waals surface area contributed by atoms with E-state index in [1.165, 1.54) is 18.2 Å². The molecule has 0 radical (unpaired) electrons. The highest BCUT2D eigenvalue weighted by molar-refractivity contribution is 5.94. The SMILES string of the molecule is O=Cc1c(O)cccc1NC(=O)O. The minimum absolute atomic E-state index is 0.0649. The van der Waals surface area contributed by atoms with E-state index >= 15 is 0 Å². The van der Waals surface area contributed by atoms with E-state index < -0.39 is 6.09 Å². The molecule has 3 N–H and O–H groups in total. The van der Waals surface area contributed by atoms with E-state index in [1.807, 2.05) is 5.32 Å². The lowest BCUT2D eigenvalue weighted by molar-refractivity contribution is 0.112. The number of carbonyl (C=O) groups excluding carboxylic acids is 1. The van der Waals surface area contributed by atoms with Crippen molar-refractivity contribution in [3.05, 3.63) is 23.8 Å². The van der Waals surface area contributed by atoms with Crippen LogP contribution in [0, 0.1) is 0 Å². The summed E-state index contributed by atoms with van der Waals surface area (Å²) in [6, 6.07) is 4.13. The van der Waals surface area contributed by atoms with Crippen LogP contribution < -0.4 is 5.32 Å². The molecule has 0 bridgehead atoms. The van der Waals surface area contributed by atoms with Gasteiger partial charge in [-0.1, -0.05) is 6.07 Å². The summed E-state index contributed by atoms with van der Waals surface area (Å²) in [7, 11) is 0. The fourth-order valence-corrected chi connectivity index (χ4v) is 0.901. The number of anilines is 1. The third-order valence-electron chi connectivity index (χ3n) is 1.44. The van der Waals surface area contributed by atoms with E-state index in [0.717, 1.165) is 0 Å². The molecule has 1 aromatic rings. The molecule has 0 aliphatic carbocycles. The maximum Gasteiger partial charge on any atom is 0.409 e. The average molecular weight is 181 g/mol. The topological polar surface area (TPSA) is 86.6 Å². The molecule has 13 heavy (non-hydrogen) atoms. The quantitative estimate of drug-likeness (QED) is 0.600. The van der Waals surface area contributed by atoms with E-state index in [0.29, 0.717) is 6.29 Å². The summed E-state index contributed by atoms with van der Waals surface area (Å²) in [6.45, 7) is 0. The Morgan fingerprint density at radius 3 is 2.69 bits per heavy atom. The number of amides is 1. The fraction of sp³-hybridized carbons (Fsp3) is 0. The second-order valence-corrected chi connectivity index (χ2v) is 2.29. The molecule has 0 fully saturated rings. The first-order valence-electron chi connectivity index (χ1n) is 3.42. The van der Waals surface area contributed by atoms with E-state index in [2.05, 4.69) is 0 Å². The Morgan fingerprint density at radius 2 is 2.15 bits per heavy atom. The molecule has 1 aromatic carbocycles. The van der Waals surface area contributed by atoms with E-state index in [1.54, 1.807) is 0 Å². The van der Waals surface area contributed by atoms with Crippen molar-refractivity contribution in [2.75, 3.05) is 5.32 Å². The summed E-state index contributed by atoms with van der Waals surface area (Å²) in [5.41, 5.74) is 0.00685. The van der Waals surface area contributed by atoms with Crippen LogP contribution in [0.4, 0.5) is 10.5 Å². The number of nitrogens with one attached hydrogen (secondary N) is 1. The second kappa shape index (κ2) is 3.57. The highest BCUT2D eigenvalue weighted by Crippen LogP contribution is 2.22. The van der Waals surface area contributed by atoms with Crippen LogP contribution in [0.5, 0.6) is 5.75 Å². The summed E-state index contributed by atoms with van der Waals surface area (Å²) >= 11 is 0. The summed E-state index contributed by atoms with van der Waals surface area (Å²) in [6.07, 6.45) is -0.894. The van der Waals surface area contributed by atoms with Gasteiger partial charge in [0.25, 0.3) is 0 Å². The molecule has 1 amide bonds. The molecule has 0 unspecified atom stereocenters. The van der Waals surface area contributed by atoms with Gasteiger partial charge >= 0.3 is 6.09 Å². The van der Waals surface area contributed by atoms with E-state index in [-0.39, 0.29) is 17.0 Å². The second-order valence-electron chi connectivity index (χ2n) is 2.29. The minimum Gasteiger partial charge on any atom is -0.507 e. The lowest BCUT2D eigenvalue weighted by Gasteiger charge is -2.04. The van der Waals surface area contributed by atoms with Crippen molar-refractivity contribution in [3.8, 4) is 5.75 Å². The predicted molar refractivity (Wildman–Crippen MR) is 45.1 cm³/mol. The molecule has 0 saturated carbocycles. The monoisotopic (exact) mass is 181 g/mol. The molecule has 1 rings (SSSR count). The number of hydrogen-bond donors (Lipinski definition) is 3. The van der Waals surface area contributed by atoms with Gasteiger partial charge in [0.1, 0.15) is 5.75 Å². The van der Waals surface area contributed by atoms with Crippen LogP contribution in [0.2, 0.25) is 0 Å². The Morgan fingerprint density at radius 1 is 1.46 bits per heavy atom. The van der Waals surface area contributed by atoms with Gasteiger partial charge in [0.15, 0.2) is 6.29 Å². The van der Waals surface area contributed by atoms with Crippen molar-refractivity contribution in [2.45, 2.75) is 0 Å². The zero-order chi connectivity index (χ0) is 9.84. The van der Waals surface area contributed by atoms with Crippen molar-refractivity contribution in [3.63, 3.8) is 0 Å². The molecular weight excluding hydrogens is 174 g/mol. The zero-order valence-electron chi connectivity index (χ0n) is 6.52. The van der Waals surface area contributed by atoms with Gasteiger partial charge in [-0.3, -0.25) is 10.1 Å². The van der Waals surface area contributed by atoms with Gasteiger partial charge in [-0.05, 0) is 12.1 Å². The number of rotatable bonds is 2. The van der Waals surface area contributed by atoms with Crippen LogP contribution in [0.15, 0.2) is 18.2 Å². The van der Waals surface area contributed by atoms with Gasteiger partial charge in [0.05, 0.1) is 11.3 Å². The third-order valence-corrected chi connectivity index (χ3v) is 1.44. The molecule has 0 aromatic heterocycles. The number of benzene rings is 1. The smallest absolute Gasteiger partial charge is 0.409 e. The van der Waals surface area contributed by atoms with Gasteiger partial charge < -0.3 is 10.2 Å². The predicted octanol–water partition coefficient (Wildman–Crippen LogP) is 1.29. The summed E-state index contributed by atoms with van der Waals surface area (Å²) in [4.78, 5) is 20.7. The van der Waals surface area contributed by atoms with Crippen molar-refractivity contribution in [2.24, 2.45) is 0 Å². The Bertz CT molecular complexity index is 348. The number of carboxylic acid groups (broad SMARTS) is 1. The van der Waals surface area contributed by atoms with Crippen LogP contribution in [0.3, 0.4) is 0 Å². The van der Waals surface area contributed by atoms with Gasteiger partial charge in [-0.15, -0.1) is 0 Å². The van der Waals surface area contributed by atoms with Crippen LogP contribution in [0.1, 0.15) is 10.4 Å². The Kier molecular flexibility index (Phi) is 2.49. The molecule has 0 aliphatic heterocycles. The summed E-state index contributed by atoms with van der Waals surface area (Å²) < 4.78 is 0. The van der Waals surface area contributed by atoms with Gasteiger partial charge in [-0.2, -0.15) is 0 Å². The minimum atomic E-state index is -1.28. The average Bonchev–Trinajstić information content (AvgIpc) is 2.03. The first-order chi connectivity index (χ1) is 6.15. The van der Waals surface area contributed by atoms with Gasteiger partial charge in [0, 0.05) is 0 Å². The molecule has 0 heterocycles. The summed E-state index contributed by atoms with van der Waals surface area (Å²) in [5.74, 6) is -0.249. The maximum atomic E-state index is 10.4. The molecule has 0 aliphatic rings. The normalized spacial score (nSPS) is 9.23. The molecular formula is C8H7NO4. The van der Waals surface area contributed by atoms with Crippen LogP contribution in [0.25, 0.3) is 0 Å². The van der Waals surface area contributed by atoms with Crippen LogP contribution in [-0.4, -0.2) is 22.6 Å². The number of phenolic OH excluding ortho intramolecular Hbond substituents is 1. The van der Waals surface area contributed by atoms with Crippen molar-refractivity contribution >= 4 is 18.1 Å². The number of aromatic hydroxyl groups is 1. The molecule has 68 valence electrons. The van der Waals surface area contributed by atoms with Gasteiger partial charge in [0.2, 0.25) is 0 Å². The highest BCUT2D eigenvalue weighted by atomic mass is 16.4. The highest BCUT2D eigenvalue weighted by Gasteiger charge is 2.07. The van der Waals surface area contributed by atoms with E-state index in [9.17, 15) is 9.59 Å². The Labute approximate surface area is 73.6 Å². The third kappa shape index (κ3) is 1.96. The van der Waals surface area contributed by atoms with Crippen LogP contribution in [-0.2, 0) is 0 Å². The van der Waals surface area contributed by atoms with E-state index in [4.69, 9.17) is 10.2 Å². The largest absolute Gasteiger partial charge is 0.507 e. The lowest BCUT2D eigenvalue weighted by Crippen LogP contribution is -2.09. The maximum absolute atomic E-state index is 10.4. The Balaban J connectivity index is 3.12. The van der Waals surface area contributed by atoms with Crippen molar-refractivity contribution in [1.29, 1.82) is 0 Å². The number of carbonyl (C=O) groups is 2. The number of phenols is 1. The Hall–Kier alpha value is -2.04. The lowest BCUT2D eigenvalue weighted by atomic mass is 10.2. The van der Waals surface area contributed by atoms with Crippen LogP contribution >= 0.6 is 0 Å². The zero-order valence-corrected chi connectivity index (χ0v) is 6.52. The van der Waals surface area contributed by atoms with Gasteiger partial charge in [-0.25, -0.2) is 4.79 Å². The molecule has 0 spiro atoms. The molecule has 5 heteroatoms. The standard InChI is InChI=1S/C8H7NO4/c10-4-5-6(9-8(12)13)2-1-3-7(5)11/h1-4,9,11H,(H,12,13). The van der Waals surface area contributed by atoms with Crippen molar-refractivity contribution < 1.29 is 19.8 Å². The molecule has 0 atom stereocenters. The van der Waals surface area contributed by atoms with Crippen molar-refractivity contribution in [1.82, 2.24) is 0 Å². The number of hydrogen-bond acceptors (Lipinski definition) is 3. The molecule has 0 saturated heterocycles.